The lowest BCUT2D eigenvalue weighted by molar-refractivity contribution is 0.199. The van der Waals surface area contributed by atoms with E-state index in [1.807, 2.05) is 0 Å². The van der Waals surface area contributed by atoms with Crippen molar-refractivity contribution < 1.29 is 0 Å². The molecule has 1 unspecified atom stereocenters. The van der Waals surface area contributed by atoms with Gasteiger partial charge in [-0.05, 0) is 52.5 Å². The molecular weight excluding hydrogens is 186 g/mol. The summed E-state index contributed by atoms with van der Waals surface area (Å²) in [6.07, 6.45) is 2.77. The van der Waals surface area contributed by atoms with Gasteiger partial charge in [0.05, 0.1) is 0 Å². The molecule has 0 radical (unpaired) electrons. The maximum absolute atomic E-state index is 3.49. The van der Waals surface area contributed by atoms with Crippen LogP contribution in [0.3, 0.4) is 0 Å². The second-order valence-corrected chi connectivity index (χ2v) is 4.91. The Morgan fingerprint density at radius 3 is 2.60 bits per heavy atom. The lowest BCUT2D eigenvalue weighted by Gasteiger charge is -2.30. The van der Waals surface area contributed by atoms with Crippen molar-refractivity contribution >= 4 is 0 Å². The van der Waals surface area contributed by atoms with E-state index in [0.717, 1.165) is 5.92 Å². The molecule has 1 aliphatic heterocycles. The number of hydrogen-bond acceptors (Lipinski definition) is 3. The van der Waals surface area contributed by atoms with Gasteiger partial charge in [0, 0.05) is 19.6 Å². The van der Waals surface area contributed by atoms with E-state index in [0.29, 0.717) is 0 Å². The van der Waals surface area contributed by atoms with E-state index >= 15 is 0 Å². The van der Waals surface area contributed by atoms with Crippen LogP contribution in [0.5, 0.6) is 0 Å². The van der Waals surface area contributed by atoms with Gasteiger partial charge in [0.1, 0.15) is 0 Å². The Kier molecular flexibility index (Phi) is 6.22. The molecular formula is C12H27N3. The summed E-state index contributed by atoms with van der Waals surface area (Å²) in [6.45, 7) is 9.56. The molecule has 1 aliphatic rings. The van der Waals surface area contributed by atoms with E-state index < -0.39 is 0 Å². The molecule has 3 heteroatoms. The average Bonchev–Trinajstić information content (AvgIpc) is 2.25. The maximum Gasteiger partial charge on any atom is 0.0109 e. The minimum Gasteiger partial charge on any atom is -0.316 e. The van der Waals surface area contributed by atoms with Crippen LogP contribution in [-0.2, 0) is 0 Å². The molecule has 1 atom stereocenters. The Hall–Kier alpha value is -0.120. The van der Waals surface area contributed by atoms with E-state index in [1.165, 1.54) is 52.1 Å². The normalized spacial score (nSPS) is 22.6. The largest absolute Gasteiger partial charge is 0.316 e. The topological polar surface area (TPSA) is 18.5 Å². The van der Waals surface area contributed by atoms with Crippen LogP contribution in [0.25, 0.3) is 0 Å². The molecule has 90 valence electrons. The molecule has 0 aliphatic carbocycles. The minimum absolute atomic E-state index is 0.876. The van der Waals surface area contributed by atoms with Gasteiger partial charge in [-0.25, -0.2) is 0 Å². The fourth-order valence-corrected chi connectivity index (χ4v) is 2.16. The highest BCUT2D eigenvalue weighted by molar-refractivity contribution is 4.72. The third-order valence-electron chi connectivity index (χ3n) is 3.23. The fourth-order valence-electron chi connectivity index (χ4n) is 2.16. The van der Waals surface area contributed by atoms with Crippen molar-refractivity contribution in [3.8, 4) is 0 Å². The van der Waals surface area contributed by atoms with Gasteiger partial charge in [-0.3, -0.25) is 0 Å². The summed E-state index contributed by atoms with van der Waals surface area (Å²) >= 11 is 0. The van der Waals surface area contributed by atoms with Gasteiger partial charge in [-0.15, -0.1) is 0 Å². The van der Waals surface area contributed by atoms with Crippen molar-refractivity contribution in [2.45, 2.75) is 19.8 Å². The summed E-state index contributed by atoms with van der Waals surface area (Å²) in [7, 11) is 4.30. The summed E-state index contributed by atoms with van der Waals surface area (Å²) in [5, 5.41) is 3.49. The number of piperidine rings is 1. The maximum atomic E-state index is 3.49. The summed E-state index contributed by atoms with van der Waals surface area (Å²) in [5.74, 6) is 0.876. The minimum atomic E-state index is 0.876. The predicted molar refractivity (Wildman–Crippen MR) is 66.3 cm³/mol. The van der Waals surface area contributed by atoms with Gasteiger partial charge in [0.15, 0.2) is 0 Å². The van der Waals surface area contributed by atoms with Gasteiger partial charge in [0.2, 0.25) is 0 Å². The molecule has 0 amide bonds. The van der Waals surface area contributed by atoms with Gasteiger partial charge in [-0.1, -0.05) is 6.92 Å². The molecule has 0 saturated carbocycles. The molecule has 1 fully saturated rings. The smallest absolute Gasteiger partial charge is 0.0109 e. The Morgan fingerprint density at radius 1 is 1.27 bits per heavy atom. The molecule has 0 aromatic rings. The lowest BCUT2D eigenvalue weighted by atomic mass is 9.99. The molecule has 3 nitrogen and oxygen atoms in total. The van der Waals surface area contributed by atoms with Crippen LogP contribution in [-0.4, -0.2) is 63.2 Å². The molecule has 0 spiro atoms. The molecule has 0 aromatic heterocycles. The van der Waals surface area contributed by atoms with Crippen LogP contribution in [0.4, 0.5) is 0 Å². The Morgan fingerprint density at radius 2 is 2.07 bits per heavy atom. The average molecular weight is 213 g/mol. The summed E-state index contributed by atoms with van der Waals surface area (Å²) in [6, 6.07) is 0. The fraction of sp³-hybridized carbons (Fsp3) is 1.00. The number of rotatable bonds is 6. The molecule has 1 rings (SSSR count). The third-order valence-corrected chi connectivity index (χ3v) is 3.23. The summed E-state index contributed by atoms with van der Waals surface area (Å²) in [5.41, 5.74) is 0. The zero-order valence-corrected chi connectivity index (χ0v) is 10.6. The van der Waals surface area contributed by atoms with E-state index in [9.17, 15) is 0 Å². The van der Waals surface area contributed by atoms with Gasteiger partial charge < -0.3 is 15.1 Å². The van der Waals surface area contributed by atoms with Gasteiger partial charge >= 0.3 is 0 Å². The van der Waals surface area contributed by atoms with Crippen molar-refractivity contribution in [1.29, 1.82) is 0 Å². The first-order chi connectivity index (χ1) is 7.22. The van der Waals surface area contributed by atoms with E-state index in [2.05, 4.69) is 36.1 Å². The van der Waals surface area contributed by atoms with Gasteiger partial charge in [-0.2, -0.15) is 0 Å². The lowest BCUT2D eigenvalue weighted by Crippen LogP contribution is -2.40. The standard InChI is InChI=1S/C12H27N3/c1-4-15(9-8-14(2)3)11-12-6-5-7-13-10-12/h12-13H,4-11H2,1-3H3. The number of likely N-dealkylation sites (N-methyl/N-ethyl adjacent to an activating group) is 2. The van der Waals surface area contributed by atoms with E-state index in [1.54, 1.807) is 0 Å². The second-order valence-electron chi connectivity index (χ2n) is 4.91. The van der Waals surface area contributed by atoms with Crippen molar-refractivity contribution in [3.05, 3.63) is 0 Å². The van der Waals surface area contributed by atoms with E-state index in [-0.39, 0.29) is 0 Å². The van der Waals surface area contributed by atoms with E-state index in [4.69, 9.17) is 0 Å². The highest BCUT2D eigenvalue weighted by Crippen LogP contribution is 2.11. The second kappa shape index (κ2) is 7.20. The van der Waals surface area contributed by atoms with Crippen LogP contribution >= 0.6 is 0 Å². The highest BCUT2D eigenvalue weighted by Gasteiger charge is 2.15. The molecule has 15 heavy (non-hydrogen) atoms. The van der Waals surface area contributed by atoms with Crippen LogP contribution in [0.1, 0.15) is 19.8 Å². The van der Waals surface area contributed by atoms with Crippen LogP contribution in [0.2, 0.25) is 0 Å². The van der Waals surface area contributed by atoms with Crippen molar-refractivity contribution in [2.24, 2.45) is 5.92 Å². The Labute approximate surface area is 94.8 Å². The SMILES string of the molecule is CCN(CCN(C)C)CC1CCCNC1. The zero-order chi connectivity index (χ0) is 11.1. The van der Waals surface area contributed by atoms with Crippen LogP contribution in [0, 0.1) is 5.92 Å². The van der Waals surface area contributed by atoms with Crippen LogP contribution in [0.15, 0.2) is 0 Å². The Bertz CT molecular complexity index is 153. The molecule has 1 heterocycles. The van der Waals surface area contributed by atoms with Crippen molar-refractivity contribution in [1.82, 2.24) is 15.1 Å². The number of hydrogen-bond donors (Lipinski definition) is 1. The zero-order valence-electron chi connectivity index (χ0n) is 10.6. The first-order valence-corrected chi connectivity index (χ1v) is 6.30. The third kappa shape index (κ3) is 5.50. The first-order valence-electron chi connectivity index (χ1n) is 6.30. The highest BCUT2D eigenvalue weighted by atomic mass is 15.2. The summed E-state index contributed by atoms with van der Waals surface area (Å²) < 4.78 is 0. The molecule has 0 aromatic carbocycles. The monoisotopic (exact) mass is 213 g/mol. The van der Waals surface area contributed by atoms with Crippen LogP contribution < -0.4 is 5.32 Å². The van der Waals surface area contributed by atoms with Gasteiger partial charge in [0.25, 0.3) is 0 Å². The van der Waals surface area contributed by atoms with Crippen molar-refractivity contribution in [3.63, 3.8) is 0 Å². The number of nitrogens with zero attached hydrogens (tertiary/aromatic N) is 2. The Balaban J connectivity index is 2.19. The summed E-state index contributed by atoms with van der Waals surface area (Å²) in [4.78, 5) is 4.85. The molecule has 1 saturated heterocycles. The molecule has 1 N–H and O–H groups in total. The quantitative estimate of drug-likeness (QED) is 0.706. The number of nitrogens with one attached hydrogen (secondary N) is 1. The van der Waals surface area contributed by atoms with Crippen molar-refractivity contribution in [2.75, 3.05) is 53.4 Å². The first kappa shape index (κ1) is 12.9. The predicted octanol–water partition coefficient (Wildman–Crippen LogP) is 0.869. The molecule has 0 bridgehead atoms.